The Labute approximate surface area is 127 Å². The van der Waals surface area contributed by atoms with E-state index >= 15 is 0 Å². The maximum Gasteiger partial charge on any atom is 0.251 e. The molecule has 0 spiro atoms. The second kappa shape index (κ2) is 4.80. The lowest BCUT2D eigenvalue weighted by atomic mass is 9.97. The van der Waals surface area contributed by atoms with Gasteiger partial charge < -0.3 is 21.1 Å². The van der Waals surface area contributed by atoms with Crippen molar-refractivity contribution in [3.05, 3.63) is 65.4 Å². The van der Waals surface area contributed by atoms with Crippen LogP contribution in [0.5, 0.6) is 5.75 Å². The van der Waals surface area contributed by atoms with Crippen LogP contribution < -0.4 is 16.0 Å². The molecule has 0 aromatic heterocycles. The van der Waals surface area contributed by atoms with Gasteiger partial charge in [0.1, 0.15) is 5.75 Å². The lowest BCUT2D eigenvalue weighted by molar-refractivity contribution is -0.116. The molecule has 0 fully saturated rings. The lowest BCUT2D eigenvalue weighted by Crippen LogP contribution is -2.24. The van der Waals surface area contributed by atoms with E-state index in [9.17, 15) is 9.90 Å². The van der Waals surface area contributed by atoms with Gasteiger partial charge in [0.2, 0.25) is 0 Å². The van der Waals surface area contributed by atoms with Crippen molar-refractivity contribution in [3.8, 4) is 5.75 Å². The third kappa shape index (κ3) is 1.90. The van der Waals surface area contributed by atoms with Crippen LogP contribution in [-0.4, -0.2) is 17.6 Å². The van der Waals surface area contributed by atoms with Crippen LogP contribution in [0.25, 0.3) is 0 Å². The third-order valence-corrected chi connectivity index (χ3v) is 4.04. The number of amides is 1. The van der Waals surface area contributed by atoms with Crippen molar-refractivity contribution in [3.63, 3.8) is 0 Å². The van der Waals surface area contributed by atoms with E-state index < -0.39 is 6.04 Å². The summed E-state index contributed by atoms with van der Waals surface area (Å²) in [7, 11) is 0. The molecule has 0 bridgehead atoms. The average molecular weight is 293 g/mol. The Hall–Kier alpha value is -2.95. The number of nitrogens with one attached hydrogen (secondary N) is 3. The van der Waals surface area contributed by atoms with Crippen molar-refractivity contribution < 1.29 is 9.90 Å². The topological polar surface area (TPSA) is 73.4 Å². The minimum atomic E-state index is -0.394. The zero-order chi connectivity index (χ0) is 15.1. The average Bonchev–Trinajstić information content (AvgIpc) is 2.79. The van der Waals surface area contributed by atoms with Crippen LogP contribution in [-0.2, 0) is 4.79 Å². The SMILES string of the molecule is O=C1NCC2=C1C(c1ccccc1O)Nc1ccccc1N2. The summed E-state index contributed by atoms with van der Waals surface area (Å²) in [4.78, 5) is 12.3. The number of fused-ring (bicyclic) bond motifs is 1. The zero-order valence-electron chi connectivity index (χ0n) is 11.8. The van der Waals surface area contributed by atoms with Gasteiger partial charge in [0, 0.05) is 11.3 Å². The summed E-state index contributed by atoms with van der Waals surface area (Å²) in [6.07, 6.45) is 0. The van der Waals surface area contributed by atoms with Gasteiger partial charge in [-0.2, -0.15) is 0 Å². The van der Waals surface area contributed by atoms with E-state index in [-0.39, 0.29) is 11.7 Å². The predicted octanol–water partition coefficient (Wildman–Crippen LogP) is 2.35. The van der Waals surface area contributed by atoms with Crippen molar-refractivity contribution >= 4 is 17.3 Å². The molecule has 0 aliphatic carbocycles. The highest BCUT2D eigenvalue weighted by Gasteiger charge is 2.34. The highest BCUT2D eigenvalue weighted by molar-refractivity contribution is 6.01. The Kier molecular flexibility index (Phi) is 2.79. The fourth-order valence-electron chi connectivity index (χ4n) is 2.99. The molecule has 2 aliphatic heterocycles. The first-order valence-electron chi connectivity index (χ1n) is 7.16. The number of carbonyl (C=O) groups is 1. The van der Waals surface area contributed by atoms with Gasteiger partial charge in [-0.1, -0.05) is 30.3 Å². The Balaban J connectivity index is 1.90. The summed E-state index contributed by atoms with van der Waals surface area (Å²) in [5.74, 6) is 0.0574. The number of aromatic hydroxyl groups is 1. The normalized spacial score (nSPS) is 19.5. The zero-order valence-corrected chi connectivity index (χ0v) is 11.8. The number of hydrogen-bond acceptors (Lipinski definition) is 4. The van der Waals surface area contributed by atoms with Gasteiger partial charge in [-0.3, -0.25) is 4.79 Å². The lowest BCUT2D eigenvalue weighted by Gasteiger charge is -2.21. The molecule has 2 heterocycles. The summed E-state index contributed by atoms with van der Waals surface area (Å²) < 4.78 is 0. The molecule has 1 atom stereocenters. The van der Waals surface area contributed by atoms with Gasteiger partial charge in [0.15, 0.2) is 0 Å². The van der Waals surface area contributed by atoms with Crippen molar-refractivity contribution in [1.82, 2.24) is 5.32 Å². The number of para-hydroxylation sites is 3. The summed E-state index contributed by atoms with van der Waals surface area (Å²) in [5, 5.41) is 19.7. The van der Waals surface area contributed by atoms with Crippen molar-refractivity contribution in [2.24, 2.45) is 0 Å². The van der Waals surface area contributed by atoms with E-state index in [0.717, 1.165) is 17.1 Å². The Morgan fingerprint density at radius 1 is 1.00 bits per heavy atom. The molecule has 4 rings (SSSR count). The number of carbonyl (C=O) groups excluding carboxylic acids is 1. The Morgan fingerprint density at radius 2 is 1.73 bits per heavy atom. The molecule has 0 saturated carbocycles. The predicted molar refractivity (Wildman–Crippen MR) is 84.6 cm³/mol. The molecule has 5 heteroatoms. The van der Waals surface area contributed by atoms with E-state index in [1.54, 1.807) is 12.1 Å². The molecule has 1 amide bonds. The Morgan fingerprint density at radius 3 is 2.55 bits per heavy atom. The molecule has 0 radical (unpaired) electrons. The van der Waals surface area contributed by atoms with E-state index in [1.165, 1.54) is 0 Å². The third-order valence-electron chi connectivity index (χ3n) is 4.04. The molecule has 110 valence electrons. The molecular formula is C17H15N3O2. The van der Waals surface area contributed by atoms with E-state index in [4.69, 9.17) is 0 Å². The quantitative estimate of drug-likeness (QED) is 0.651. The molecule has 22 heavy (non-hydrogen) atoms. The number of phenols is 1. The minimum absolute atomic E-state index is 0.115. The van der Waals surface area contributed by atoms with Crippen LogP contribution in [0.2, 0.25) is 0 Å². The second-order valence-corrected chi connectivity index (χ2v) is 5.38. The van der Waals surface area contributed by atoms with Gasteiger partial charge in [0.05, 0.1) is 29.5 Å². The molecule has 0 saturated heterocycles. The molecule has 2 aromatic rings. The van der Waals surface area contributed by atoms with Gasteiger partial charge >= 0.3 is 0 Å². The minimum Gasteiger partial charge on any atom is -0.508 e. The van der Waals surface area contributed by atoms with Crippen LogP contribution in [0.4, 0.5) is 11.4 Å². The number of phenolic OH excluding ortho intramolecular Hbond substituents is 1. The van der Waals surface area contributed by atoms with E-state index in [2.05, 4.69) is 16.0 Å². The number of anilines is 2. The molecular weight excluding hydrogens is 278 g/mol. The van der Waals surface area contributed by atoms with Gasteiger partial charge in [0.25, 0.3) is 5.91 Å². The van der Waals surface area contributed by atoms with Crippen molar-refractivity contribution in [2.75, 3.05) is 17.2 Å². The summed E-state index contributed by atoms with van der Waals surface area (Å²) in [6.45, 7) is 0.467. The highest BCUT2D eigenvalue weighted by atomic mass is 16.3. The summed E-state index contributed by atoms with van der Waals surface area (Å²) in [5.41, 5.74) is 3.97. The first-order valence-corrected chi connectivity index (χ1v) is 7.16. The summed E-state index contributed by atoms with van der Waals surface area (Å²) >= 11 is 0. The van der Waals surface area contributed by atoms with Crippen molar-refractivity contribution in [2.45, 2.75) is 6.04 Å². The second-order valence-electron chi connectivity index (χ2n) is 5.38. The van der Waals surface area contributed by atoms with Crippen LogP contribution in [0.15, 0.2) is 59.8 Å². The fourth-order valence-corrected chi connectivity index (χ4v) is 2.99. The standard InChI is InChI=1S/C17H15N3O2/c21-14-8-4-1-5-10(14)16-15-13(9-18-17(15)22)19-11-6-2-3-7-12(11)20-16/h1-8,16,19-21H,9H2,(H,18,22). The van der Waals surface area contributed by atoms with Gasteiger partial charge in [-0.25, -0.2) is 0 Å². The molecule has 2 aromatic carbocycles. The Bertz CT molecular complexity index is 798. The highest BCUT2D eigenvalue weighted by Crippen LogP contribution is 2.40. The van der Waals surface area contributed by atoms with Crippen LogP contribution in [0.1, 0.15) is 11.6 Å². The number of hydrogen-bond donors (Lipinski definition) is 4. The monoisotopic (exact) mass is 293 g/mol. The molecule has 4 N–H and O–H groups in total. The maximum absolute atomic E-state index is 12.3. The smallest absolute Gasteiger partial charge is 0.251 e. The van der Waals surface area contributed by atoms with E-state index in [1.807, 2.05) is 36.4 Å². The number of rotatable bonds is 1. The van der Waals surface area contributed by atoms with E-state index in [0.29, 0.717) is 17.7 Å². The molecule has 5 nitrogen and oxygen atoms in total. The number of benzene rings is 2. The van der Waals surface area contributed by atoms with Gasteiger partial charge in [-0.05, 0) is 18.2 Å². The van der Waals surface area contributed by atoms with Gasteiger partial charge in [-0.15, -0.1) is 0 Å². The first-order chi connectivity index (χ1) is 10.7. The van der Waals surface area contributed by atoms with Crippen LogP contribution in [0, 0.1) is 0 Å². The first kappa shape index (κ1) is 12.8. The fraction of sp³-hybridized carbons (Fsp3) is 0.118. The molecule has 2 aliphatic rings. The largest absolute Gasteiger partial charge is 0.508 e. The van der Waals surface area contributed by atoms with Crippen LogP contribution >= 0.6 is 0 Å². The van der Waals surface area contributed by atoms with Crippen LogP contribution in [0.3, 0.4) is 0 Å². The molecule has 1 unspecified atom stereocenters. The summed E-state index contributed by atoms with van der Waals surface area (Å²) in [6, 6.07) is 14.5. The van der Waals surface area contributed by atoms with Crippen molar-refractivity contribution in [1.29, 1.82) is 0 Å². The maximum atomic E-state index is 12.3.